The monoisotopic (exact) mass is 328 g/mol. The summed E-state index contributed by atoms with van der Waals surface area (Å²) < 4.78 is 15.9. The van der Waals surface area contributed by atoms with Gasteiger partial charge in [0.15, 0.2) is 0 Å². The van der Waals surface area contributed by atoms with Gasteiger partial charge in [-0.05, 0) is 32.4 Å². The number of benzene rings is 1. The highest BCUT2D eigenvalue weighted by atomic mass is 16.5. The van der Waals surface area contributed by atoms with Gasteiger partial charge in [0.1, 0.15) is 12.4 Å². The molecule has 0 fully saturated rings. The van der Waals surface area contributed by atoms with E-state index in [1.807, 2.05) is 44.2 Å². The first-order chi connectivity index (χ1) is 11.1. The van der Waals surface area contributed by atoms with Gasteiger partial charge in [0, 0.05) is 6.61 Å². The van der Waals surface area contributed by atoms with Crippen LogP contribution >= 0.6 is 0 Å². The molecule has 0 aliphatic heterocycles. The Morgan fingerprint density at radius 1 is 0.957 bits per heavy atom. The average Bonchev–Trinajstić information content (AvgIpc) is 2.59. The Kier molecular flexibility index (Phi) is 15.0. The smallest absolute Gasteiger partial charge is 0.119 e. The summed E-state index contributed by atoms with van der Waals surface area (Å²) in [4.78, 5) is 0. The highest BCUT2D eigenvalue weighted by molar-refractivity contribution is 5.20. The molecule has 5 nitrogen and oxygen atoms in total. The zero-order valence-electron chi connectivity index (χ0n) is 14.6. The third-order valence-corrected chi connectivity index (χ3v) is 2.88. The van der Waals surface area contributed by atoms with Crippen molar-refractivity contribution in [2.45, 2.75) is 45.8 Å². The zero-order chi connectivity index (χ0) is 17.3. The van der Waals surface area contributed by atoms with E-state index in [1.165, 1.54) is 0 Å². The van der Waals surface area contributed by atoms with Crippen LogP contribution in [-0.2, 0) is 9.47 Å². The molecule has 0 amide bonds. The second kappa shape index (κ2) is 15.7. The molecule has 1 rings (SSSR count). The van der Waals surface area contributed by atoms with Gasteiger partial charge in [-0.1, -0.05) is 31.5 Å². The second-order valence-corrected chi connectivity index (χ2v) is 5.25. The van der Waals surface area contributed by atoms with Crippen molar-refractivity contribution in [2.75, 3.05) is 33.0 Å². The number of unbranched alkanes of at least 4 members (excludes halogenated alkanes) is 1. The maximum Gasteiger partial charge on any atom is 0.119 e. The topological polar surface area (TPSA) is 68.2 Å². The van der Waals surface area contributed by atoms with Gasteiger partial charge in [0.2, 0.25) is 0 Å². The van der Waals surface area contributed by atoms with Crippen molar-refractivity contribution in [3.8, 4) is 5.75 Å². The highest BCUT2D eigenvalue weighted by Gasteiger charge is 2.05. The molecule has 2 atom stereocenters. The number of para-hydroxylation sites is 1. The fraction of sp³-hybridized carbons (Fsp3) is 0.667. The van der Waals surface area contributed by atoms with E-state index in [-0.39, 0.29) is 25.4 Å². The van der Waals surface area contributed by atoms with Gasteiger partial charge in [-0.3, -0.25) is 0 Å². The van der Waals surface area contributed by atoms with Crippen LogP contribution in [-0.4, -0.2) is 55.5 Å². The first-order valence-electron chi connectivity index (χ1n) is 8.26. The van der Waals surface area contributed by atoms with Crippen LogP contribution in [0.25, 0.3) is 0 Å². The Morgan fingerprint density at radius 3 is 2.22 bits per heavy atom. The molecule has 0 radical (unpaired) electrons. The van der Waals surface area contributed by atoms with E-state index in [1.54, 1.807) is 0 Å². The van der Waals surface area contributed by atoms with E-state index in [4.69, 9.17) is 24.4 Å². The van der Waals surface area contributed by atoms with E-state index in [0.29, 0.717) is 13.2 Å². The molecule has 23 heavy (non-hydrogen) atoms. The lowest BCUT2D eigenvalue weighted by molar-refractivity contribution is -0.0457. The van der Waals surface area contributed by atoms with Gasteiger partial charge < -0.3 is 24.4 Å². The number of hydrogen-bond donors (Lipinski definition) is 2. The highest BCUT2D eigenvalue weighted by Crippen LogP contribution is 2.07. The van der Waals surface area contributed by atoms with Crippen LogP contribution < -0.4 is 4.74 Å². The Hall–Kier alpha value is -1.14. The van der Waals surface area contributed by atoms with Crippen molar-refractivity contribution in [3.05, 3.63) is 30.3 Å². The minimum absolute atomic E-state index is 0.0644. The summed E-state index contributed by atoms with van der Waals surface area (Å²) in [5.41, 5.74) is 0. The summed E-state index contributed by atoms with van der Waals surface area (Å²) in [7, 11) is 0. The predicted octanol–water partition coefficient (Wildman–Crippen LogP) is 2.65. The maximum absolute atomic E-state index is 8.70. The van der Waals surface area contributed by atoms with Gasteiger partial charge in [-0.15, -0.1) is 0 Å². The predicted molar refractivity (Wildman–Crippen MR) is 91.8 cm³/mol. The summed E-state index contributed by atoms with van der Waals surface area (Å²) in [6.45, 7) is 7.83. The van der Waals surface area contributed by atoms with Gasteiger partial charge in [-0.2, -0.15) is 0 Å². The van der Waals surface area contributed by atoms with Gasteiger partial charge >= 0.3 is 0 Å². The van der Waals surface area contributed by atoms with E-state index >= 15 is 0 Å². The zero-order valence-corrected chi connectivity index (χ0v) is 14.6. The average molecular weight is 328 g/mol. The normalized spacial score (nSPS) is 12.9. The van der Waals surface area contributed by atoms with Crippen molar-refractivity contribution in [1.29, 1.82) is 0 Å². The molecule has 134 valence electrons. The largest absolute Gasteiger partial charge is 0.491 e. The fourth-order valence-electron chi connectivity index (χ4n) is 1.51. The Morgan fingerprint density at radius 2 is 1.65 bits per heavy atom. The molecule has 2 unspecified atom stereocenters. The van der Waals surface area contributed by atoms with Crippen LogP contribution in [0.15, 0.2) is 30.3 Å². The Labute approximate surface area is 140 Å². The lowest BCUT2D eigenvalue weighted by Crippen LogP contribution is -2.22. The molecule has 0 heterocycles. The summed E-state index contributed by atoms with van der Waals surface area (Å²) in [5, 5.41) is 17.1. The molecule has 0 aliphatic rings. The molecule has 0 aromatic heterocycles. The van der Waals surface area contributed by atoms with Crippen LogP contribution in [0.5, 0.6) is 5.75 Å². The third-order valence-electron chi connectivity index (χ3n) is 2.88. The van der Waals surface area contributed by atoms with E-state index in [0.717, 1.165) is 25.2 Å². The molecule has 0 aliphatic carbocycles. The van der Waals surface area contributed by atoms with E-state index in [2.05, 4.69) is 6.92 Å². The van der Waals surface area contributed by atoms with Crippen molar-refractivity contribution < 1.29 is 24.4 Å². The van der Waals surface area contributed by atoms with Crippen LogP contribution in [0.1, 0.15) is 33.6 Å². The lowest BCUT2D eigenvalue weighted by atomic mass is 10.3. The van der Waals surface area contributed by atoms with E-state index in [9.17, 15) is 0 Å². The van der Waals surface area contributed by atoms with Crippen LogP contribution in [0, 0.1) is 0 Å². The van der Waals surface area contributed by atoms with Gasteiger partial charge in [0.25, 0.3) is 0 Å². The fourth-order valence-corrected chi connectivity index (χ4v) is 1.51. The van der Waals surface area contributed by atoms with Gasteiger partial charge in [-0.25, -0.2) is 0 Å². The van der Waals surface area contributed by atoms with Crippen molar-refractivity contribution in [1.82, 2.24) is 0 Å². The Bertz CT molecular complexity index is 345. The lowest BCUT2D eigenvalue weighted by Gasteiger charge is -2.15. The van der Waals surface area contributed by atoms with Crippen molar-refractivity contribution in [2.24, 2.45) is 0 Å². The summed E-state index contributed by atoms with van der Waals surface area (Å²) in [5.74, 6) is 0.802. The molecule has 0 spiro atoms. The number of ether oxygens (including phenoxy) is 3. The molecule has 5 heteroatoms. The first kappa shape index (κ1) is 21.9. The molecular weight excluding hydrogens is 296 g/mol. The molecule has 1 aromatic rings. The van der Waals surface area contributed by atoms with Crippen molar-refractivity contribution >= 4 is 0 Å². The van der Waals surface area contributed by atoms with E-state index < -0.39 is 0 Å². The van der Waals surface area contributed by atoms with Crippen LogP contribution in [0.2, 0.25) is 0 Å². The summed E-state index contributed by atoms with van der Waals surface area (Å²) >= 11 is 0. The quantitative estimate of drug-likeness (QED) is 0.611. The number of aliphatic hydroxyl groups is 2. The SMILES string of the molecule is CCCCOC(C)COC(C)CO.OCCOc1ccccc1. The minimum Gasteiger partial charge on any atom is -0.491 e. The number of aliphatic hydroxyl groups excluding tert-OH is 2. The maximum atomic E-state index is 8.70. The molecule has 1 aromatic carbocycles. The van der Waals surface area contributed by atoms with Crippen LogP contribution in [0.4, 0.5) is 0 Å². The molecular formula is C18H32O5. The Balaban J connectivity index is 0.000000433. The molecule has 0 bridgehead atoms. The minimum atomic E-state index is -0.0859. The second-order valence-electron chi connectivity index (χ2n) is 5.25. The summed E-state index contributed by atoms with van der Waals surface area (Å²) in [6, 6.07) is 9.43. The van der Waals surface area contributed by atoms with Gasteiger partial charge in [0.05, 0.1) is 32.0 Å². The number of hydrogen-bond acceptors (Lipinski definition) is 5. The van der Waals surface area contributed by atoms with Crippen LogP contribution in [0.3, 0.4) is 0 Å². The number of rotatable bonds is 11. The molecule has 0 saturated carbocycles. The van der Waals surface area contributed by atoms with Crippen molar-refractivity contribution in [3.63, 3.8) is 0 Å². The molecule has 2 N–H and O–H groups in total. The summed E-state index contributed by atoms with van der Waals surface area (Å²) in [6.07, 6.45) is 2.29. The molecule has 0 saturated heterocycles. The third kappa shape index (κ3) is 14.2. The standard InChI is InChI=1S/C10H22O3.C8H10O2/c1-4-5-6-12-10(3)8-13-9(2)7-11;9-6-7-10-8-4-2-1-3-5-8/h9-11H,4-8H2,1-3H3;1-5,9H,6-7H2. The first-order valence-corrected chi connectivity index (χ1v) is 8.26.